The summed E-state index contributed by atoms with van der Waals surface area (Å²) in [5, 5.41) is 12.2. The molecule has 0 aromatic heterocycles. The molecule has 3 aliphatic heterocycles. The number of likely N-dealkylation sites (N-methyl/N-ethyl adjacent to an activating group) is 1. The summed E-state index contributed by atoms with van der Waals surface area (Å²) in [4.78, 5) is 20.2. The van der Waals surface area contributed by atoms with Gasteiger partial charge in [0.15, 0.2) is 0 Å². The molecule has 3 fully saturated rings. The molecule has 1 unspecified atom stereocenters. The third kappa shape index (κ3) is 5.83. The number of halogens is 1. The number of hydrogen-bond donors (Lipinski definition) is 3. The van der Waals surface area contributed by atoms with Gasteiger partial charge in [0.2, 0.25) is 10.0 Å². The molecule has 1 saturated carbocycles. The summed E-state index contributed by atoms with van der Waals surface area (Å²) in [6, 6.07) is 8.96. The number of benzene rings is 2. The number of hydrogen-bond acceptors (Lipinski definition) is 7. The first-order valence-electron chi connectivity index (χ1n) is 14.6. The van der Waals surface area contributed by atoms with Crippen molar-refractivity contribution in [2.24, 2.45) is 5.41 Å². The highest BCUT2D eigenvalue weighted by Crippen LogP contribution is 2.54. The number of rotatable bonds is 8. The molecule has 6 rings (SSSR count). The topological polar surface area (TPSA) is 105 Å². The number of nitrogens with zero attached hydrogens (tertiary/aromatic N) is 3. The third-order valence-corrected chi connectivity index (χ3v) is 10.6. The van der Waals surface area contributed by atoms with E-state index in [1.54, 1.807) is 25.1 Å². The summed E-state index contributed by atoms with van der Waals surface area (Å²) in [5.74, 6) is -0.641. The van der Waals surface area contributed by atoms with Gasteiger partial charge in [0, 0.05) is 45.2 Å². The molecule has 1 atom stereocenters. The maximum absolute atomic E-state index is 14.8. The molecule has 222 valence electrons. The zero-order valence-corrected chi connectivity index (χ0v) is 24.7. The average Bonchev–Trinajstić information content (AvgIpc) is 3.41. The lowest BCUT2D eigenvalue weighted by atomic mass is 9.93. The van der Waals surface area contributed by atoms with E-state index in [2.05, 4.69) is 24.7 Å². The Morgan fingerprint density at radius 3 is 2.39 bits per heavy atom. The third-order valence-electron chi connectivity index (χ3n) is 9.29. The number of piperidine rings is 1. The number of amides is 1. The van der Waals surface area contributed by atoms with Crippen molar-refractivity contribution in [2.75, 3.05) is 76.9 Å². The molecule has 1 amide bonds. The Labute approximate surface area is 241 Å². The molecule has 3 N–H and O–H groups in total. The van der Waals surface area contributed by atoms with Gasteiger partial charge in [0.25, 0.3) is 5.91 Å². The Kier molecular flexibility index (Phi) is 7.09. The van der Waals surface area contributed by atoms with E-state index in [1.165, 1.54) is 12.8 Å². The highest BCUT2D eigenvalue weighted by Gasteiger charge is 2.44. The average molecular weight is 586 g/mol. The fourth-order valence-corrected chi connectivity index (χ4v) is 7.45. The molecule has 4 aliphatic rings. The highest BCUT2D eigenvalue weighted by molar-refractivity contribution is 7.92. The van der Waals surface area contributed by atoms with Gasteiger partial charge in [-0.15, -0.1) is 0 Å². The number of aliphatic hydroxyl groups excluding tert-OH is 1. The van der Waals surface area contributed by atoms with Gasteiger partial charge >= 0.3 is 0 Å². The first-order chi connectivity index (χ1) is 19.5. The normalized spacial score (nSPS) is 23.2. The molecule has 0 bridgehead atoms. The Morgan fingerprint density at radius 1 is 1.00 bits per heavy atom. The van der Waals surface area contributed by atoms with Crippen molar-refractivity contribution in [1.82, 2.24) is 0 Å². The van der Waals surface area contributed by atoms with E-state index in [-0.39, 0.29) is 11.7 Å². The van der Waals surface area contributed by atoms with Crippen LogP contribution in [0.5, 0.6) is 0 Å². The van der Waals surface area contributed by atoms with Gasteiger partial charge in [-0.05, 0) is 80.3 Å². The van der Waals surface area contributed by atoms with Crippen molar-refractivity contribution < 1.29 is 22.7 Å². The minimum Gasteiger partial charge on any atom is -0.395 e. The van der Waals surface area contributed by atoms with Crippen LogP contribution in [0.15, 0.2) is 30.3 Å². The van der Waals surface area contributed by atoms with E-state index >= 15 is 0 Å². The lowest BCUT2D eigenvalue weighted by molar-refractivity contribution is 0.102. The van der Waals surface area contributed by atoms with E-state index in [0.29, 0.717) is 41.9 Å². The maximum Gasteiger partial charge on any atom is 0.255 e. The van der Waals surface area contributed by atoms with Crippen LogP contribution in [-0.2, 0) is 16.4 Å². The van der Waals surface area contributed by atoms with Gasteiger partial charge < -0.3 is 25.1 Å². The van der Waals surface area contributed by atoms with Gasteiger partial charge in [0.05, 0.1) is 47.3 Å². The first-order valence-corrected chi connectivity index (χ1v) is 16.3. The minimum atomic E-state index is -3.69. The van der Waals surface area contributed by atoms with E-state index in [1.807, 2.05) is 19.2 Å². The van der Waals surface area contributed by atoms with Gasteiger partial charge in [-0.2, -0.15) is 0 Å². The van der Waals surface area contributed by atoms with Crippen molar-refractivity contribution in [3.63, 3.8) is 0 Å². The second-order valence-corrected chi connectivity index (χ2v) is 14.4. The van der Waals surface area contributed by atoms with Crippen molar-refractivity contribution in [1.29, 1.82) is 0 Å². The van der Waals surface area contributed by atoms with Gasteiger partial charge in [-0.25, -0.2) is 12.8 Å². The molecule has 41 heavy (non-hydrogen) atoms. The summed E-state index contributed by atoms with van der Waals surface area (Å²) in [7, 11) is -1.66. The van der Waals surface area contributed by atoms with E-state index < -0.39 is 22.3 Å². The predicted molar refractivity (Wildman–Crippen MR) is 162 cm³/mol. The fraction of sp³-hybridized carbons (Fsp3) is 0.567. The number of carbonyl (C=O) groups excluding carboxylic acids is 1. The summed E-state index contributed by atoms with van der Waals surface area (Å²) in [5.41, 5.74) is 4.55. The van der Waals surface area contributed by atoms with Gasteiger partial charge in [-0.3, -0.25) is 9.52 Å². The van der Waals surface area contributed by atoms with Crippen LogP contribution < -0.4 is 24.7 Å². The molecule has 1 aliphatic carbocycles. The van der Waals surface area contributed by atoms with Crippen molar-refractivity contribution in [2.45, 2.75) is 51.1 Å². The summed E-state index contributed by atoms with van der Waals surface area (Å²) >= 11 is 0. The number of anilines is 5. The van der Waals surface area contributed by atoms with E-state index in [0.717, 1.165) is 61.5 Å². The molecular formula is C30H40FN5O4S. The Hall–Kier alpha value is -3.05. The minimum absolute atomic E-state index is 0.253. The number of fused-ring (bicyclic) bond motifs is 1. The molecule has 0 radical (unpaired) electrons. The zero-order valence-electron chi connectivity index (χ0n) is 23.9. The lowest BCUT2D eigenvalue weighted by Crippen LogP contribution is -2.35. The van der Waals surface area contributed by atoms with E-state index in [4.69, 9.17) is 5.11 Å². The molecule has 9 nitrogen and oxygen atoms in total. The summed E-state index contributed by atoms with van der Waals surface area (Å²) in [6.45, 7) is 4.59. The van der Waals surface area contributed by atoms with Crippen LogP contribution in [0.25, 0.3) is 0 Å². The number of sulfonamides is 1. The van der Waals surface area contributed by atoms with Crippen LogP contribution in [0.1, 0.15) is 54.9 Å². The van der Waals surface area contributed by atoms with Crippen LogP contribution in [0, 0.1) is 5.41 Å². The highest BCUT2D eigenvalue weighted by atomic mass is 32.2. The maximum atomic E-state index is 14.8. The molecule has 2 saturated heterocycles. The van der Waals surface area contributed by atoms with Gasteiger partial charge in [0.1, 0.15) is 5.67 Å². The smallest absolute Gasteiger partial charge is 0.255 e. The summed E-state index contributed by atoms with van der Waals surface area (Å²) in [6.07, 6.45) is 5.96. The zero-order chi connectivity index (χ0) is 29.0. The van der Waals surface area contributed by atoms with Crippen molar-refractivity contribution in [3.05, 3.63) is 41.5 Å². The standard InChI is InChI=1S/C30H40FN5O4S/c1-29(31)8-12-36(20-29)26-18-22(17-21-5-11-34(2)27(21)26)28(38)32-24-4-3-23(33-41(39,40)16-15-37)19-25(24)35-13-9-30(6-7-30)10-14-35/h3-4,17-19,33,37H,5-16,20H2,1-2H3,(H,32,38). The summed E-state index contributed by atoms with van der Waals surface area (Å²) < 4.78 is 42.0. The van der Waals surface area contributed by atoms with Crippen LogP contribution in [0.3, 0.4) is 0 Å². The molecule has 3 heterocycles. The molecule has 11 heteroatoms. The Morgan fingerprint density at radius 2 is 1.73 bits per heavy atom. The monoisotopic (exact) mass is 585 g/mol. The number of nitrogens with one attached hydrogen (secondary N) is 2. The molecular weight excluding hydrogens is 545 g/mol. The number of aliphatic hydroxyl groups is 1. The first kappa shape index (κ1) is 28.1. The Bertz CT molecular complexity index is 1450. The second-order valence-electron chi connectivity index (χ2n) is 12.6. The Balaban J connectivity index is 1.30. The van der Waals surface area contributed by atoms with Crippen molar-refractivity contribution >= 4 is 44.4 Å². The van der Waals surface area contributed by atoms with Crippen LogP contribution >= 0.6 is 0 Å². The number of alkyl halides is 1. The quantitative estimate of drug-likeness (QED) is 0.431. The predicted octanol–water partition coefficient (Wildman–Crippen LogP) is 3.98. The van der Waals surface area contributed by atoms with Gasteiger partial charge in [-0.1, -0.05) is 0 Å². The fourth-order valence-electron chi connectivity index (χ4n) is 6.62. The molecule has 1 spiro atoms. The van der Waals surface area contributed by atoms with Crippen LogP contribution in [-0.4, -0.2) is 77.2 Å². The molecule has 2 aromatic carbocycles. The van der Waals surface area contributed by atoms with E-state index in [9.17, 15) is 17.6 Å². The molecule has 2 aromatic rings. The van der Waals surface area contributed by atoms with Crippen LogP contribution in [0.2, 0.25) is 0 Å². The second kappa shape index (κ2) is 10.3. The number of carbonyl (C=O) groups is 1. The SMILES string of the molecule is CN1CCc2cc(C(=O)Nc3ccc(NS(=O)(=O)CCO)cc3N3CCC4(CC3)CC4)cc(N3CCC(C)(F)C3)c21. The largest absolute Gasteiger partial charge is 0.395 e. The lowest BCUT2D eigenvalue weighted by Gasteiger charge is -2.35. The van der Waals surface area contributed by atoms with Crippen LogP contribution in [0.4, 0.5) is 32.8 Å². The van der Waals surface area contributed by atoms with Crippen molar-refractivity contribution in [3.8, 4) is 0 Å².